The molecule has 0 aliphatic rings. The van der Waals surface area contributed by atoms with E-state index in [0.717, 1.165) is 28.3 Å². The summed E-state index contributed by atoms with van der Waals surface area (Å²) in [6.45, 7) is 3.81. The van der Waals surface area contributed by atoms with Gasteiger partial charge in [-0.05, 0) is 25.3 Å². The van der Waals surface area contributed by atoms with Gasteiger partial charge in [0.1, 0.15) is 9.77 Å². The van der Waals surface area contributed by atoms with Crippen molar-refractivity contribution in [1.29, 1.82) is 0 Å². The van der Waals surface area contributed by atoms with Crippen LogP contribution in [-0.2, 0) is 28.4 Å². The van der Waals surface area contributed by atoms with Crippen LogP contribution in [0.5, 0.6) is 0 Å². The fourth-order valence-corrected chi connectivity index (χ4v) is 4.40. The lowest BCUT2D eigenvalue weighted by atomic mass is 10.2. The first kappa shape index (κ1) is 16.7. The topological polar surface area (TPSA) is 90.3 Å². The molecule has 0 radical (unpaired) electrons. The zero-order valence-electron chi connectivity index (χ0n) is 12.7. The van der Waals surface area contributed by atoms with E-state index < -0.39 is 16.0 Å². The standard InChI is InChI=1S/C13H17N3O4S2/c1-8-10(9(2)16(3)15-8)7-14-22(18,19)11-5-6-21-12(11)13(17)20-4/h5-6,14H,7H2,1-4H3. The molecular weight excluding hydrogens is 326 g/mol. The third kappa shape index (κ3) is 3.06. The number of carbonyl (C=O) groups is 1. The average molecular weight is 343 g/mol. The number of rotatable bonds is 5. The molecule has 0 saturated heterocycles. The molecule has 0 aliphatic carbocycles. The molecule has 120 valence electrons. The molecule has 9 heteroatoms. The van der Waals surface area contributed by atoms with Crippen molar-refractivity contribution in [1.82, 2.24) is 14.5 Å². The maximum absolute atomic E-state index is 12.4. The van der Waals surface area contributed by atoms with Gasteiger partial charge >= 0.3 is 5.97 Å². The third-order valence-corrected chi connectivity index (χ3v) is 5.85. The predicted molar refractivity (Wildman–Crippen MR) is 82.4 cm³/mol. The van der Waals surface area contributed by atoms with Crippen LogP contribution in [0.3, 0.4) is 0 Å². The Morgan fingerprint density at radius 3 is 2.68 bits per heavy atom. The number of methoxy groups -OCH3 is 1. The van der Waals surface area contributed by atoms with Gasteiger partial charge in [-0.1, -0.05) is 0 Å². The van der Waals surface area contributed by atoms with E-state index in [1.807, 2.05) is 13.8 Å². The average Bonchev–Trinajstić information content (AvgIpc) is 3.04. The molecule has 0 atom stereocenters. The number of hydrogen-bond donors (Lipinski definition) is 1. The van der Waals surface area contributed by atoms with Crippen LogP contribution in [0, 0.1) is 13.8 Å². The molecular formula is C13H17N3O4S2. The first-order valence-electron chi connectivity index (χ1n) is 6.42. The fourth-order valence-electron chi connectivity index (χ4n) is 2.07. The van der Waals surface area contributed by atoms with Gasteiger partial charge in [0.05, 0.1) is 12.8 Å². The van der Waals surface area contributed by atoms with Crippen LogP contribution in [0.15, 0.2) is 16.3 Å². The first-order valence-corrected chi connectivity index (χ1v) is 8.78. The van der Waals surface area contributed by atoms with E-state index in [2.05, 4.69) is 14.6 Å². The molecule has 2 aromatic heterocycles. The summed E-state index contributed by atoms with van der Waals surface area (Å²) in [5.74, 6) is -0.663. The number of carbonyl (C=O) groups excluding carboxylic acids is 1. The highest BCUT2D eigenvalue weighted by Gasteiger charge is 2.25. The first-order chi connectivity index (χ1) is 10.3. The second kappa shape index (κ2) is 6.19. The maximum Gasteiger partial charge on any atom is 0.349 e. The Morgan fingerprint density at radius 2 is 2.14 bits per heavy atom. The summed E-state index contributed by atoms with van der Waals surface area (Å²) in [5.41, 5.74) is 2.47. The van der Waals surface area contributed by atoms with E-state index in [-0.39, 0.29) is 16.3 Å². The lowest BCUT2D eigenvalue weighted by Gasteiger charge is -2.07. The molecule has 7 nitrogen and oxygen atoms in total. The minimum atomic E-state index is -3.80. The van der Waals surface area contributed by atoms with Gasteiger partial charge in [0.15, 0.2) is 0 Å². The van der Waals surface area contributed by atoms with E-state index in [1.54, 1.807) is 17.1 Å². The Morgan fingerprint density at radius 1 is 1.45 bits per heavy atom. The predicted octanol–water partition coefficient (Wildman–Crippen LogP) is 1.36. The van der Waals surface area contributed by atoms with Gasteiger partial charge in [0.2, 0.25) is 10.0 Å². The van der Waals surface area contributed by atoms with Crippen molar-refractivity contribution in [2.45, 2.75) is 25.3 Å². The van der Waals surface area contributed by atoms with Crippen LogP contribution < -0.4 is 4.72 Å². The number of sulfonamides is 1. The largest absolute Gasteiger partial charge is 0.465 e. The van der Waals surface area contributed by atoms with Gasteiger partial charge in [0, 0.05) is 24.8 Å². The summed E-state index contributed by atoms with van der Waals surface area (Å²) >= 11 is 1.03. The molecule has 0 fully saturated rings. The lowest BCUT2D eigenvalue weighted by Crippen LogP contribution is -2.25. The zero-order valence-corrected chi connectivity index (χ0v) is 14.3. The number of hydrogen-bond acceptors (Lipinski definition) is 6. The summed E-state index contributed by atoms with van der Waals surface area (Å²) in [6.07, 6.45) is 0. The molecule has 22 heavy (non-hydrogen) atoms. The van der Waals surface area contributed by atoms with Gasteiger partial charge in [-0.25, -0.2) is 17.9 Å². The molecule has 0 spiro atoms. The van der Waals surface area contributed by atoms with E-state index in [9.17, 15) is 13.2 Å². The zero-order chi connectivity index (χ0) is 16.5. The van der Waals surface area contributed by atoms with Gasteiger partial charge in [-0.15, -0.1) is 11.3 Å². The molecule has 1 N–H and O–H groups in total. The summed E-state index contributed by atoms with van der Waals surface area (Å²) in [7, 11) is -0.786. The Kier molecular flexibility index (Phi) is 4.69. The van der Waals surface area contributed by atoms with E-state index in [1.165, 1.54) is 13.2 Å². The van der Waals surface area contributed by atoms with Crippen molar-refractivity contribution in [3.05, 3.63) is 33.3 Å². The Balaban J connectivity index is 2.26. The minimum Gasteiger partial charge on any atom is -0.465 e. The van der Waals surface area contributed by atoms with Crippen LogP contribution in [0.2, 0.25) is 0 Å². The molecule has 2 aromatic rings. The highest BCUT2D eigenvalue weighted by molar-refractivity contribution is 7.89. The van der Waals surface area contributed by atoms with Gasteiger partial charge < -0.3 is 4.74 Å². The molecule has 0 bridgehead atoms. The van der Waals surface area contributed by atoms with Crippen LogP contribution in [-0.4, -0.2) is 31.3 Å². The Hall–Kier alpha value is -1.71. The van der Waals surface area contributed by atoms with Crippen molar-refractivity contribution >= 4 is 27.3 Å². The second-order valence-corrected chi connectivity index (χ2v) is 7.35. The van der Waals surface area contributed by atoms with Crippen LogP contribution in [0.4, 0.5) is 0 Å². The van der Waals surface area contributed by atoms with E-state index in [0.29, 0.717) is 0 Å². The summed E-state index contributed by atoms with van der Waals surface area (Å²) in [4.78, 5) is 11.6. The van der Waals surface area contributed by atoms with Gasteiger partial charge in [0.25, 0.3) is 0 Å². The Labute approximate surface area is 133 Å². The number of aromatic nitrogens is 2. The van der Waals surface area contributed by atoms with Gasteiger partial charge in [-0.3, -0.25) is 4.68 Å². The summed E-state index contributed by atoms with van der Waals surface area (Å²) in [5, 5.41) is 5.79. The second-order valence-electron chi connectivity index (χ2n) is 4.70. The molecule has 0 amide bonds. The quantitative estimate of drug-likeness (QED) is 0.828. The number of thiophene rings is 1. The molecule has 2 heterocycles. The van der Waals surface area contributed by atoms with Crippen molar-refractivity contribution < 1.29 is 17.9 Å². The van der Waals surface area contributed by atoms with Crippen LogP contribution in [0.1, 0.15) is 26.6 Å². The summed E-state index contributed by atoms with van der Waals surface area (Å²) < 4.78 is 33.6. The highest BCUT2D eigenvalue weighted by atomic mass is 32.2. The summed E-state index contributed by atoms with van der Waals surface area (Å²) in [6, 6.07) is 1.39. The SMILES string of the molecule is COC(=O)c1sccc1S(=O)(=O)NCc1c(C)nn(C)c1C. The molecule has 0 unspecified atom stereocenters. The van der Waals surface area contributed by atoms with Crippen LogP contribution >= 0.6 is 11.3 Å². The fraction of sp³-hybridized carbons (Fsp3) is 0.385. The molecule has 0 aliphatic heterocycles. The van der Waals surface area contributed by atoms with Crippen LogP contribution in [0.25, 0.3) is 0 Å². The Bertz CT molecular complexity index is 805. The number of aryl methyl sites for hydroxylation is 2. The lowest BCUT2D eigenvalue weighted by molar-refractivity contribution is 0.0602. The van der Waals surface area contributed by atoms with E-state index >= 15 is 0 Å². The molecule has 2 rings (SSSR count). The van der Waals surface area contributed by atoms with Crippen molar-refractivity contribution in [3.63, 3.8) is 0 Å². The molecule has 0 saturated carbocycles. The monoisotopic (exact) mass is 343 g/mol. The van der Waals surface area contributed by atoms with Gasteiger partial charge in [-0.2, -0.15) is 5.10 Å². The van der Waals surface area contributed by atoms with Crippen molar-refractivity contribution in [3.8, 4) is 0 Å². The smallest absolute Gasteiger partial charge is 0.349 e. The third-order valence-electron chi connectivity index (χ3n) is 3.39. The number of esters is 1. The number of nitrogens with one attached hydrogen (secondary N) is 1. The van der Waals surface area contributed by atoms with E-state index in [4.69, 9.17) is 0 Å². The minimum absolute atomic E-state index is 0.0645. The molecule has 0 aromatic carbocycles. The van der Waals surface area contributed by atoms with Crippen molar-refractivity contribution in [2.75, 3.05) is 7.11 Å². The van der Waals surface area contributed by atoms with Crippen molar-refractivity contribution in [2.24, 2.45) is 7.05 Å². The normalized spacial score (nSPS) is 11.6. The highest BCUT2D eigenvalue weighted by Crippen LogP contribution is 2.23. The number of nitrogens with zero attached hydrogens (tertiary/aromatic N) is 2. The number of ether oxygens (including phenoxy) is 1. The maximum atomic E-state index is 12.4.